The molecular formula is C22H26F2N4O3. The van der Waals surface area contributed by atoms with E-state index in [9.17, 15) is 18.4 Å². The van der Waals surface area contributed by atoms with Crippen LogP contribution < -0.4 is 15.4 Å². The molecule has 1 heterocycles. The fraction of sp³-hybridized carbons (Fsp3) is 0.364. The Labute approximate surface area is 180 Å². The van der Waals surface area contributed by atoms with Crippen molar-refractivity contribution in [1.82, 2.24) is 9.80 Å². The minimum Gasteiger partial charge on any atom is -0.435 e. The Balaban J connectivity index is 1.45. The number of carbonyl (C=O) groups excluding carboxylic acids is 2. The number of hydrogen-bond donors (Lipinski definition) is 1. The lowest BCUT2D eigenvalue weighted by Gasteiger charge is -2.36. The molecule has 0 atom stereocenters. The zero-order valence-corrected chi connectivity index (χ0v) is 17.3. The fourth-order valence-electron chi connectivity index (χ4n) is 3.45. The van der Waals surface area contributed by atoms with Crippen LogP contribution in [0.25, 0.3) is 0 Å². The predicted octanol–water partition coefficient (Wildman–Crippen LogP) is 2.17. The maximum atomic E-state index is 12.6. The molecule has 2 aromatic carbocycles. The van der Waals surface area contributed by atoms with Crippen LogP contribution in [0.15, 0.2) is 48.5 Å². The van der Waals surface area contributed by atoms with Crippen LogP contribution >= 0.6 is 0 Å². The molecule has 0 saturated carbocycles. The number of halogens is 2. The van der Waals surface area contributed by atoms with E-state index in [2.05, 4.69) is 14.5 Å². The molecule has 1 fully saturated rings. The Morgan fingerprint density at radius 2 is 1.65 bits per heavy atom. The van der Waals surface area contributed by atoms with Gasteiger partial charge in [-0.1, -0.05) is 12.1 Å². The van der Waals surface area contributed by atoms with Crippen LogP contribution in [0.1, 0.15) is 15.9 Å². The topological polar surface area (TPSA) is 79.1 Å². The Hall–Kier alpha value is -3.20. The molecule has 2 N–H and O–H groups in total. The first-order valence-corrected chi connectivity index (χ1v) is 9.96. The monoisotopic (exact) mass is 432 g/mol. The second kappa shape index (κ2) is 10.2. The molecule has 0 spiro atoms. The van der Waals surface area contributed by atoms with Crippen molar-refractivity contribution in [3.8, 4) is 5.75 Å². The fourth-order valence-corrected chi connectivity index (χ4v) is 3.45. The number of carbonyl (C=O) groups is 2. The van der Waals surface area contributed by atoms with Gasteiger partial charge in [0.1, 0.15) is 5.75 Å². The normalized spacial score (nSPS) is 14.5. The largest absolute Gasteiger partial charge is 0.435 e. The van der Waals surface area contributed by atoms with E-state index in [-0.39, 0.29) is 11.7 Å². The third-order valence-corrected chi connectivity index (χ3v) is 5.24. The average molecular weight is 432 g/mol. The van der Waals surface area contributed by atoms with Gasteiger partial charge in [-0.05, 0) is 42.0 Å². The summed E-state index contributed by atoms with van der Waals surface area (Å²) in [6.07, 6.45) is 0. The molecule has 0 aromatic heterocycles. The van der Waals surface area contributed by atoms with Crippen molar-refractivity contribution in [3.63, 3.8) is 0 Å². The van der Waals surface area contributed by atoms with Crippen LogP contribution in [0.3, 0.4) is 0 Å². The van der Waals surface area contributed by atoms with Crippen LogP contribution in [0.5, 0.6) is 5.75 Å². The van der Waals surface area contributed by atoms with E-state index >= 15 is 0 Å². The minimum atomic E-state index is -2.86. The molecule has 0 unspecified atom stereocenters. The summed E-state index contributed by atoms with van der Waals surface area (Å²) in [5, 5.41) is 0. The zero-order valence-electron chi connectivity index (χ0n) is 17.3. The summed E-state index contributed by atoms with van der Waals surface area (Å²) >= 11 is 0. The molecule has 3 rings (SSSR count). The van der Waals surface area contributed by atoms with Gasteiger partial charge in [0.05, 0.1) is 6.54 Å². The van der Waals surface area contributed by atoms with Crippen molar-refractivity contribution < 1.29 is 23.1 Å². The number of piperazine rings is 1. The summed E-state index contributed by atoms with van der Waals surface area (Å²) in [4.78, 5) is 29.7. The Morgan fingerprint density at radius 1 is 1.03 bits per heavy atom. The lowest BCUT2D eigenvalue weighted by atomic mass is 10.1. The van der Waals surface area contributed by atoms with Gasteiger partial charge in [0, 0.05) is 51.0 Å². The smallest absolute Gasteiger partial charge is 0.387 e. The van der Waals surface area contributed by atoms with Crippen molar-refractivity contribution in [2.75, 3.05) is 44.7 Å². The molecule has 1 aliphatic heterocycles. The van der Waals surface area contributed by atoms with Gasteiger partial charge in [0.15, 0.2) is 0 Å². The number of benzene rings is 2. The SMILES string of the molecule is CN(Cc1ccc(OC(F)F)cc1)C(=O)CN1CCN(c2ccc(C(N)=O)cc2)CC1. The van der Waals surface area contributed by atoms with Gasteiger partial charge in [-0.2, -0.15) is 8.78 Å². The van der Waals surface area contributed by atoms with Crippen LogP contribution in [0.2, 0.25) is 0 Å². The second-order valence-electron chi connectivity index (χ2n) is 7.45. The highest BCUT2D eigenvalue weighted by Gasteiger charge is 2.21. The number of nitrogens with two attached hydrogens (primary N) is 1. The van der Waals surface area contributed by atoms with E-state index in [1.807, 2.05) is 12.1 Å². The third-order valence-electron chi connectivity index (χ3n) is 5.24. The molecule has 31 heavy (non-hydrogen) atoms. The van der Waals surface area contributed by atoms with Gasteiger partial charge in [0.25, 0.3) is 0 Å². The van der Waals surface area contributed by atoms with Crippen LogP contribution in [-0.4, -0.2) is 68.0 Å². The number of ether oxygens (including phenoxy) is 1. The highest BCUT2D eigenvalue weighted by Crippen LogP contribution is 2.18. The molecule has 2 aromatic rings. The number of rotatable bonds is 8. The molecule has 9 heteroatoms. The number of amides is 2. The summed E-state index contributed by atoms with van der Waals surface area (Å²) in [5.41, 5.74) is 7.61. The van der Waals surface area contributed by atoms with Gasteiger partial charge >= 0.3 is 6.61 Å². The quantitative estimate of drug-likeness (QED) is 0.692. The second-order valence-corrected chi connectivity index (χ2v) is 7.45. The molecule has 1 saturated heterocycles. The molecule has 0 radical (unpaired) electrons. The molecule has 166 valence electrons. The summed E-state index contributed by atoms with van der Waals surface area (Å²) in [5.74, 6) is -0.363. The highest BCUT2D eigenvalue weighted by atomic mass is 19.3. The summed E-state index contributed by atoms with van der Waals surface area (Å²) in [6, 6.07) is 13.5. The Morgan fingerprint density at radius 3 is 2.19 bits per heavy atom. The first-order valence-electron chi connectivity index (χ1n) is 9.96. The van der Waals surface area contributed by atoms with Crippen molar-refractivity contribution in [2.45, 2.75) is 13.2 Å². The average Bonchev–Trinajstić information content (AvgIpc) is 2.75. The maximum Gasteiger partial charge on any atom is 0.387 e. The zero-order chi connectivity index (χ0) is 22.4. The molecule has 7 nitrogen and oxygen atoms in total. The van der Waals surface area contributed by atoms with Crippen molar-refractivity contribution >= 4 is 17.5 Å². The summed E-state index contributed by atoms with van der Waals surface area (Å²) < 4.78 is 28.8. The number of alkyl halides is 2. The van der Waals surface area contributed by atoms with E-state index in [4.69, 9.17) is 5.73 Å². The lowest BCUT2D eigenvalue weighted by Crippen LogP contribution is -2.49. The molecule has 0 bridgehead atoms. The highest BCUT2D eigenvalue weighted by molar-refractivity contribution is 5.93. The van der Waals surface area contributed by atoms with Crippen LogP contribution in [0, 0.1) is 0 Å². The van der Waals surface area contributed by atoms with E-state index < -0.39 is 12.5 Å². The number of likely N-dealkylation sites (N-methyl/N-ethyl adjacent to an activating group) is 1. The van der Waals surface area contributed by atoms with E-state index in [0.29, 0.717) is 18.7 Å². The standard InChI is InChI=1S/C22H26F2N4O3/c1-26(14-16-2-8-19(9-3-16)31-22(23)24)20(29)15-27-10-12-28(13-11-27)18-6-4-17(5-7-18)21(25)30/h2-9,22H,10-15H2,1H3,(H2,25,30). The molecule has 1 aliphatic rings. The van der Waals surface area contributed by atoms with Gasteiger partial charge in [0.2, 0.25) is 11.8 Å². The van der Waals surface area contributed by atoms with Crippen molar-refractivity contribution in [3.05, 3.63) is 59.7 Å². The third kappa shape index (κ3) is 6.39. The Kier molecular flexibility index (Phi) is 7.41. The van der Waals surface area contributed by atoms with Crippen molar-refractivity contribution in [2.24, 2.45) is 5.73 Å². The van der Waals surface area contributed by atoms with Gasteiger partial charge in [-0.3, -0.25) is 14.5 Å². The van der Waals surface area contributed by atoms with Gasteiger partial charge < -0.3 is 20.3 Å². The van der Waals surface area contributed by atoms with E-state index in [0.717, 1.165) is 37.4 Å². The first-order chi connectivity index (χ1) is 14.8. The van der Waals surface area contributed by atoms with Gasteiger partial charge in [-0.15, -0.1) is 0 Å². The number of hydrogen-bond acceptors (Lipinski definition) is 5. The predicted molar refractivity (Wildman–Crippen MR) is 113 cm³/mol. The maximum absolute atomic E-state index is 12.6. The number of nitrogens with zero attached hydrogens (tertiary/aromatic N) is 3. The number of primary amides is 1. The minimum absolute atomic E-state index is 0.00725. The van der Waals surface area contributed by atoms with Crippen LogP contribution in [-0.2, 0) is 11.3 Å². The van der Waals surface area contributed by atoms with Crippen LogP contribution in [0.4, 0.5) is 14.5 Å². The van der Waals surface area contributed by atoms with Gasteiger partial charge in [-0.25, -0.2) is 0 Å². The first kappa shape index (κ1) is 22.5. The molecular weight excluding hydrogens is 406 g/mol. The lowest BCUT2D eigenvalue weighted by molar-refractivity contribution is -0.131. The van der Waals surface area contributed by atoms with E-state index in [1.54, 1.807) is 36.2 Å². The van der Waals surface area contributed by atoms with E-state index in [1.165, 1.54) is 12.1 Å². The molecule has 0 aliphatic carbocycles. The van der Waals surface area contributed by atoms with Crippen molar-refractivity contribution in [1.29, 1.82) is 0 Å². The summed E-state index contributed by atoms with van der Waals surface area (Å²) in [7, 11) is 1.72. The molecule has 2 amide bonds. The number of anilines is 1. The summed E-state index contributed by atoms with van der Waals surface area (Å²) in [6.45, 7) is 0.896. The Bertz CT molecular complexity index is 883.